The number of aromatic nitrogens is 2. The average Bonchev–Trinajstić information content (AvgIpc) is 2.75. The Balaban J connectivity index is 1.35. The fourth-order valence-corrected chi connectivity index (χ4v) is 3.17. The first kappa shape index (κ1) is 17.9. The molecule has 1 N–H and O–H groups in total. The maximum absolute atomic E-state index is 13.0. The number of benzene rings is 1. The Morgan fingerprint density at radius 2 is 1.64 bits per heavy atom. The van der Waals surface area contributed by atoms with E-state index < -0.39 is 0 Å². The molecule has 0 saturated carbocycles. The second kappa shape index (κ2) is 8.04. The van der Waals surface area contributed by atoms with Crippen LogP contribution in [0.3, 0.4) is 0 Å². The van der Waals surface area contributed by atoms with Gasteiger partial charge < -0.3 is 15.1 Å². The van der Waals surface area contributed by atoms with Gasteiger partial charge in [0.15, 0.2) is 0 Å². The summed E-state index contributed by atoms with van der Waals surface area (Å²) in [5.41, 5.74) is 1.40. The minimum Gasteiger partial charge on any atom is -0.367 e. The molecule has 0 unspecified atom stereocenters. The van der Waals surface area contributed by atoms with Crippen LogP contribution in [0.15, 0.2) is 67.0 Å². The summed E-state index contributed by atoms with van der Waals surface area (Å²) >= 11 is 0. The quantitative estimate of drug-likeness (QED) is 0.757. The highest BCUT2D eigenvalue weighted by molar-refractivity contribution is 6.03. The van der Waals surface area contributed by atoms with Gasteiger partial charge in [-0.2, -0.15) is 0 Å². The molecule has 142 valence electrons. The minimum atomic E-state index is -0.373. The fourth-order valence-electron chi connectivity index (χ4n) is 3.17. The van der Waals surface area contributed by atoms with E-state index in [0.29, 0.717) is 11.4 Å². The molecule has 3 heterocycles. The van der Waals surface area contributed by atoms with Gasteiger partial charge in [0.2, 0.25) is 0 Å². The summed E-state index contributed by atoms with van der Waals surface area (Å²) in [5.74, 6) is 0.774. The number of hydrogen-bond acceptors (Lipinski definition) is 5. The SMILES string of the molecule is O=C(Nc1ccc(N2CCN(c3ccccn3)CC2)cn1)c1ccc(F)cc1. The molecule has 0 atom stereocenters. The van der Waals surface area contributed by atoms with Gasteiger partial charge in [-0.15, -0.1) is 0 Å². The molecule has 1 amide bonds. The van der Waals surface area contributed by atoms with Gasteiger partial charge in [0, 0.05) is 37.9 Å². The molecule has 6 nitrogen and oxygen atoms in total. The summed E-state index contributed by atoms with van der Waals surface area (Å²) in [5, 5.41) is 2.73. The average molecular weight is 377 g/mol. The number of nitrogens with one attached hydrogen (secondary N) is 1. The molecule has 4 rings (SSSR count). The van der Waals surface area contributed by atoms with Crippen molar-refractivity contribution in [1.82, 2.24) is 9.97 Å². The maximum Gasteiger partial charge on any atom is 0.256 e. The van der Waals surface area contributed by atoms with Gasteiger partial charge in [-0.1, -0.05) is 6.07 Å². The van der Waals surface area contributed by atoms with Gasteiger partial charge in [0.05, 0.1) is 11.9 Å². The van der Waals surface area contributed by atoms with Crippen LogP contribution in [0.4, 0.5) is 21.7 Å². The highest BCUT2D eigenvalue weighted by Crippen LogP contribution is 2.20. The van der Waals surface area contributed by atoms with Gasteiger partial charge in [0.1, 0.15) is 17.5 Å². The van der Waals surface area contributed by atoms with Crippen molar-refractivity contribution in [1.29, 1.82) is 0 Å². The lowest BCUT2D eigenvalue weighted by atomic mass is 10.2. The van der Waals surface area contributed by atoms with E-state index in [-0.39, 0.29) is 11.7 Å². The Labute approximate surface area is 162 Å². The number of pyridine rings is 2. The lowest BCUT2D eigenvalue weighted by molar-refractivity contribution is 0.102. The first-order valence-corrected chi connectivity index (χ1v) is 9.13. The Bertz CT molecular complexity index is 923. The van der Waals surface area contributed by atoms with Crippen LogP contribution >= 0.6 is 0 Å². The van der Waals surface area contributed by atoms with E-state index in [1.165, 1.54) is 24.3 Å². The first-order valence-electron chi connectivity index (χ1n) is 9.13. The monoisotopic (exact) mass is 377 g/mol. The Kier molecular flexibility index (Phi) is 5.14. The number of carbonyl (C=O) groups excluding carboxylic acids is 1. The van der Waals surface area contributed by atoms with E-state index in [1.807, 2.05) is 30.5 Å². The van der Waals surface area contributed by atoms with E-state index >= 15 is 0 Å². The third kappa shape index (κ3) is 4.09. The maximum atomic E-state index is 13.0. The molecule has 1 fully saturated rings. The van der Waals surface area contributed by atoms with Crippen molar-refractivity contribution >= 4 is 23.2 Å². The van der Waals surface area contributed by atoms with Crippen molar-refractivity contribution in [3.63, 3.8) is 0 Å². The number of piperazine rings is 1. The van der Waals surface area contributed by atoms with E-state index in [0.717, 1.165) is 37.7 Å². The molecular weight excluding hydrogens is 357 g/mol. The predicted octanol–water partition coefficient (Wildman–Crippen LogP) is 3.19. The van der Waals surface area contributed by atoms with Gasteiger partial charge in [-0.05, 0) is 48.5 Å². The number of anilines is 3. The largest absolute Gasteiger partial charge is 0.367 e. The summed E-state index contributed by atoms with van der Waals surface area (Å²) in [6.07, 6.45) is 3.57. The van der Waals surface area contributed by atoms with Crippen molar-refractivity contribution in [2.24, 2.45) is 0 Å². The molecule has 1 aliphatic heterocycles. The van der Waals surface area contributed by atoms with Crippen molar-refractivity contribution < 1.29 is 9.18 Å². The van der Waals surface area contributed by atoms with Gasteiger partial charge >= 0.3 is 0 Å². The number of halogens is 1. The Morgan fingerprint density at radius 1 is 0.893 bits per heavy atom. The van der Waals surface area contributed by atoms with Crippen LogP contribution in [0.5, 0.6) is 0 Å². The number of hydrogen-bond donors (Lipinski definition) is 1. The Hall–Kier alpha value is -3.48. The molecule has 2 aromatic heterocycles. The highest BCUT2D eigenvalue weighted by atomic mass is 19.1. The molecule has 28 heavy (non-hydrogen) atoms. The topological polar surface area (TPSA) is 61.4 Å². The summed E-state index contributed by atoms with van der Waals surface area (Å²) in [7, 11) is 0. The number of carbonyl (C=O) groups is 1. The molecule has 1 aliphatic rings. The van der Waals surface area contributed by atoms with Crippen molar-refractivity contribution in [3.8, 4) is 0 Å². The van der Waals surface area contributed by atoms with Crippen LogP contribution in [0.1, 0.15) is 10.4 Å². The number of nitrogens with zero attached hydrogens (tertiary/aromatic N) is 4. The van der Waals surface area contributed by atoms with Crippen LogP contribution < -0.4 is 15.1 Å². The highest BCUT2D eigenvalue weighted by Gasteiger charge is 2.18. The third-order valence-corrected chi connectivity index (χ3v) is 4.71. The van der Waals surface area contributed by atoms with Crippen LogP contribution in [0.25, 0.3) is 0 Å². The Morgan fingerprint density at radius 3 is 2.29 bits per heavy atom. The number of amides is 1. The second-order valence-corrected chi connectivity index (χ2v) is 6.52. The molecule has 1 saturated heterocycles. The normalized spacial score (nSPS) is 14.0. The summed E-state index contributed by atoms with van der Waals surface area (Å²) < 4.78 is 13.0. The summed E-state index contributed by atoms with van der Waals surface area (Å²) in [6, 6.07) is 15.1. The van der Waals surface area contributed by atoms with Crippen LogP contribution in [0.2, 0.25) is 0 Å². The van der Waals surface area contributed by atoms with Gasteiger partial charge in [-0.3, -0.25) is 4.79 Å². The summed E-state index contributed by atoms with van der Waals surface area (Å²) in [4.78, 5) is 25.5. The lowest BCUT2D eigenvalue weighted by Crippen LogP contribution is -2.46. The van der Waals surface area contributed by atoms with Crippen LogP contribution in [-0.2, 0) is 0 Å². The molecule has 0 bridgehead atoms. The van der Waals surface area contributed by atoms with Crippen molar-refractivity contribution in [3.05, 3.63) is 78.4 Å². The van der Waals surface area contributed by atoms with E-state index in [2.05, 4.69) is 25.1 Å². The lowest BCUT2D eigenvalue weighted by Gasteiger charge is -2.36. The van der Waals surface area contributed by atoms with E-state index in [1.54, 1.807) is 12.3 Å². The van der Waals surface area contributed by atoms with Crippen LogP contribution in [0, 0.1) is 5.82 Å². The third-order valence-electron chi connectivity index (χ3n) is 4.71. The van der Waals surface area contributed by atoms with Crippen molar-refractivity contribution in [2.75, 3.05) is 41.3 Å². The van der Waals surface area contributed by atoms with E-state index in [9.17, 15) is 9.18 Å². The molecular formula is C21H20FN5O. The molecule has 3 aromatic rings. The number of rotatable bonds is 4. The zero-order valence-electron chi connectivity index (χ0n) is 15.3. The molecule has 0 aliphatic carbocycles. The molecule has 0 spiro atoms. The minimum absolute atomic E-state index is 0.316. The zero-order valence-corrected chi connectivity index (χ0v) is 15.3. The van der Waals surface area contributed by atoms with Gasteiger partial charge in [0.25, 0.3) is 5.91 Å². The molecule has 1 aromatic carbocycles. The fraction of sp³-hybridized carbons (Fsp3) is 0.190. The van der Waals surface area contributed by atoms with Crippen LogP contribution in [-0.4, -0.2) is 42.1 Å². The first-order chi connectivity index (χ1) is 13.7. The standard InChI is InChI=1S/C21H20FN5O/c22-17-6-4-16(5-7-17)21(28)25-19-9-8-18(15-24-19)26-11-13-27(14-12-26)20-3-1-2-10-23-20/h1-10,15H,11-14H2,(H,24,25,28). The van der Waals surface area contributed by atoms with Gasteiger partial charge in [-0.25, -0.2) is 14.4 Å². The van der Waals surface area contributed by atoms with E-state index in [4.69, 9.17) is 0 Å². The summed E-state index contributed by atoms with van der Waals surface area (Å²) in [6.45, 7) is 3.53. The second-order valence-electron chi connectivity index (χ2n) is 6.52. The molecule has 0 radical (unpaired) electrons. The van der Waals surface area contributed by atoms with Crippen molar-refractivity contribution in [2.45, 2.75) is 0 Å². The predicted molar refractivity (Wildman–Crippen MR) is 107 cm³/mol. The zero-order chi connectivity index (χ0) is 19.3. The smallest absolute Gasteiger partial charge is 0.256 e. The molecule has 7 heteroatoms.